The topological polar surface area (TPSA) is 123 Å². The van der Waals surface area contributed by atoms with Crippen molar-refractivity contribution in [1.29, 1.82) is 0 Å². The number of aliphatic hydroxyl groups is 3. The smallest absolute Gasteiger partial charge is 0.302 e. The Balaban J connectivity index is 1.65. The van der Waals surface area contributed by atoms with Gasteiger partial charge in [-0.05, 0) is 43.9 Å². The van der Waals surface area contributed by atoms with Crippen molar-refractivity contribution in [3.8, 4) is 0 Å². The number of rotatable bonds is 4. The molecule has 10 unspecified atom stereocenters. The molecule has 8 nitrogen and oxygen atoms in total. The van der Waals surface area contributed by atoms with Gasteiger partial charge in [0.15, 0.2) is 0 Å². The molecule has 4 aliphatic carbocycles. The van der Waals surface area contributed by atoms with Crippen molar-refractivity contribution in [1.82, 2.24) is 0 Å². The zero-order valence-corrected chi connectivity index (χ0v) is 18.5. The van der Waals surface area contributed by atoms with E-state index in [1.165, 1.54) is 6.92 Å². The van der Waals surface area contributed by atoms with Gasteiger partial charge < -0.3 is 29.5 Å². The molecule has 4 saturated carbocycles. The van der Waals surface area contributed by atoms with E-state index < -0.39 is 46.1 Å². The SMILES string of the molecule is COCC1C(=O)C23CC1CCC2C12COC3(O)C(O)C1C(C)(COC(C)=O)CCC2O. The summed E-state index contributed by atoms with van der Waals surface area (Å²) in [6.45, 7) is 3.76. The van der Waals surface area contributed by atoms with Crippen molar-refractivity contribution in [3.05, 3.63) is 0 Å². The van der Waals surface area contributed by atoms with Gasteiger partial charge in [0.05, 0.1) is 31.3 Å². The monoisotopic (exact) mass is 438 g/mol. The molecule has 0 aromatic carbocycles. The van der Waals surface area contributed by atoms with Gasteiger partial charge in [-0.3, -0.25) is 9.59 Å². The number of aliphatic hydroxyl groups excluding tert-OH is 2. The average Bonchev–Trinajstić information content (AvgIpc) is 2.93. The number of methoxy groups -OCH3 is 1. The summed E-state index contributed by atoms with van der Waals surface area (Å²) in [4.78, 5) is 25.4. The van der Waals surface area contributed by atoms with Gasteiger partial charge in [-0.2, -0.15) is 0 Å². The lowest BCUT2D eigenvalue weighted by atomic mass is 9.36. The van der Waals surface area contributed by atoms with Gasteiger partial charge in [-0.15, -0.1) is 0 Å². The first kappa shape index (κ1) is 21.8. The van der Waals surface area contributed by atoms with Crippen molar-refractivity contribution in [2.75, 3.05) is 26.9 Å². The van der Waals surface area contributed by atoms with E-state index in [4.69, 9.17) is 14.2 Å². The molecule has 3 N–H and O–H groups in total. The van der Waals surface area contributed by atoms with Crippen LogP contribution in [0.3, 0.4) is 0 Å². The van der Waals surface area contributed by atoms with Crippen LogP contribution in [0.1, 0.15) is 46.0 Å². The average molecular weight is 439 g/mol. The van der Waals surface area contributed by atoms with Crippen LogP contribution in [-0.4, -0.2) is 72.0 Å². The fraction of sp³-hybridized carbons (Fsp3) is 0.913. The minimum atomic E-state index is -2.02. The largest absolute Gasteiger partial charge is 0.465 e. The number of fused-ring (bicyclic) bond motifs is 2. The number of carbonyl (C=O) groups is 2. The third-order valence-corrected chi connectivity index (χ3v) is 9.79. The third kappa shape index (κ3) is 2.38. The number of hydrogen-bond acceptors (Lipinski definition) is 8. The quantitative estimate of drug-likeness (QED) is 0.547. The first-order valence-corrected chi connectivity index (χ1v) is 11.5. The van der Waals surface area contributed by atoms with E-state index in [1.807, 2.05) is 6.92 Å². The predicted molar refractivity (Wildman–Crippen MR) is 106 cm³/mol. The van der Waals surface area contributed by atoms with Crippen LogP contribution in [0.15, 0.2) is 0 Å². The zero-order chi connectivity index (χ0) is 22.4. The van der Waals surface area contributed by atoms with Crippen LogP contribution in [0.5, 0.6) is 0 Å². The summed E-state index contributed by atoms with van der Waals surface area (Å²) < 4.78 is 16.7. The molecular formula is C23H34O8. The van der Waals surface area contributed by atoms with Crippen molar-refractivity contribution in [2.24, 2.45) is 39.9 Å². The Morgan fingerprint density at radius 1 is 1.26 bits per heavy atom. The van der Waals surface area contributed by atoms with Crippen molar-refractivity contribution < 1.29 is 39.1 Å². The summed E-state index contributed by atoms with van der Waals surface area (Å²) in [5.41, 5.74) is -2.76. The number of ketones is 1. The number of esters is 1. The molecule has 2 heterocycles. The number of hydrogen-bond donors (Lipinski definition) is 3. The molecule has 6 fully saturated rings. The van der Waals surface area contributed by atoms with Crippen molar-refractivity contribution in [3.63, 3.8) is 0 Å². The van der Waals surface area contributed by atoms with Gasteiger partial charge in [-0.1, -0.05) is 6.92 Å². The summed E-state index contributed by atoms with van der Waals surface area (Å²) in [7, 11) is 1.57. The number of Topliss-reactive ketones (excluding diaryl/α,β-unsaturated/α-hetero) is 1. The minimum absolute atomic E-state index is 0.0749. The minimum Gasteiger partial charge on any atom is -0.465 e. The Morgan fingerprint density at radius 2 is 2.00 bits per heavy atom. The standard InChI is InChI=1S/C23H34O8/c1-12(24)30-10-20(2)7-6-16(25)21-11-31-23(28,19(27)17(20)21)22-8-13(4-5-15(21)22)14(9-29-3)18(22)26/h13-17,19,25,27-28H,4-11H2,1-3H3. The Labute approximate surface area is 182 Å². The van der Waals surface area contributed by atoms with Crippen LogP contribution >= 0.6 is 0 Å². The molecular weight excluding hydrogens is 404 g/mol. The molecule has 0 aromatic rings. The van der Waals surface area contributed by atoms with Gasteiger partial charge in [0, 0.05) is 36.7 Å². The molecule has 0 aromatic heterocycles. The normalized spacial score (nSPS) is 55.0. The highest BCUT2D eigenvalue weighted by Crippen LogP contribution is 2.76. The van der Waals surface area contributed by atoms with Crippen molar-refractivity contribution >= 4 is 11.8 Å². The van der Waals surface area contributed by atoms with Crippen LogP contribution in [0.4, 0.5) is 0 Å². The first-order valence-electron chi connectivity index (χ1n) is 11.5. The molecule has 31 heavy (non-hydrogen) atoms. The summed E-state index contributed by atoms with van der Waals surface area (Å²) >= 11 is 0. The first-order chi connectivity index (χ1) is 14.6. The highest BCUT2D eigenvalue weighted by Gasteiger charge is 2.85. The second kappa shape index (κ2) is 6.73. The van der Waals surface area contributed by atoms with E-state index in [0.29, 0.717) is 25.7 Å². The lowest BCUT2D eigenvalue weighted by Crippen LogP contribution is -2.84. The molecule has 2 saturated heterocycles. The molecule has 174 valence electrons. The maximum atomic E-state index is 13.8. The summed E-state index contributed by atoms with van der Waals surface area (Å²) in [6, 6.07) is 0. The molecule has 8 heteroatoms. The molecule has 6 rings (SSSR count). The molecule has 10 atom stereocenters. The Bertz CT molecular complexity index is 800. The third-order valence-electron chi connectivity index (χ3n) is 9.79. The summed E-state index contributed by atoms with van der Waals surface area (Å²) in [5, 5.41) is 35.0. The summed E-state index contributed by atoms with van der Waals surface area (Å²) in [6.07, 6.45) is 0.830. The highest BCUT2D eigenvalue weighted by molar-refractivity contribution is 5.92. The molecule has 4 bridgehead atoms. The van der Waals surface area contributed by atoms with Gasteiger partial charge in [0.25, 0.3) is 0 Å². The van der Waals surface area contributed by atoms with Crippen LogP contribution in [0, 0.1) is 39.9 Å². The van der Waals surface area contributed by atoms with E-state index in [-0.39, 0.29) is 43.4 Å². The second-order valence-electron chi connectivity index (χ2n) is 11.0. The molecule has 2 spiro atoms. The fourth-order valence-corrected chi connectivity index (χ4v) is 8.66. The van der Waals surface area contributed by atoms with Crippen molar-refractivity contribution in [2.45, 2.75) is 63.9 Å². The zero-order valence-electron chi connectivity index (χ0n) is 18.5. The van der Waals surface area contributed by atoms with Gasteiger partial charge in [-0.25, -0.2) is 0 Å². The van der Waals surface area contributed by atoms with E-state index in [1.54, 1.807) is 7.11 Å². The molecule has 6 aliphatic rings. The molecule has 0 amide bonds. The maximum absolute atomic E-state index is 13.8. The van der Waals surface area contributed by atoms with Gasteiger partial charge in [0.1, 0.15) is 11.9 Å². The van der Waals surface area contributed by atoms with Gasteiger partial charge in [0.2, 0.25) is 5.79 Å². The lowest BCUT2D eigenvalue weighted by Gasteiger charge is -2.74. The highest BCUT2D eigenvalue weighted by atomic mass is 16.6. The Hall–Kier alpha value is -1.06. The Morgan fingerprint density at radius 3 is 2.68 bits per heavy atom. The van der Waals surface area contributed by atoms with Crippen LogP contribution in [-0.2, 0) is 23.8 Å². The number of ether oxygens (including phenoxy) is 3. The van der Waals surface area contributed by atoms with E-state index in [9.17, 15) is 24.9 Å². The second-order valence-corrected chi connectivity index (χ2v) is 11.0. The van der Waals surface area contributed by atoms with Gasteiger partial charge >= 0.3 is 5.97 Å². The summed E-state index contributed by atoms with van der Waals surface area (Å²) in [5.74, 6) is -3.63. The molecule has 0 radical (unpaired) electrons. The fourth-order valence-electron chi connectivity index (χ4n) is 8.66. The van der Waals surface area contributed by atoms with E-state index in [0.717, 1.165) is 6.42 Å². The molecule has 2 aliphatic heterocycles. The van der Waals surface area contributed by atoms with Crippen LogP contribution in [0.2, 0.25) is 0 Å². The van der Waals surface area contributed by atoms with E-state index in [2.05, 4.69) is 0 Å². The predicted octanol–water partition coefficient (Wildman–Crippen LogP) is 0.654. The Kier molecular flexibility index (Phi) is 4.73. The van der Waals surface area contributed by atoms with Crippen LogP contribution in [0.25, 0.3) is 0 Å². The maximum Gasteiger partial charge on any atom is 0.302 e. The number of carbonyl (C=O) groups excluding carboxylic acids is 2. The lowest BCUT2D eigenvalue weighted by molar-refractivity contribution is -0.450. The van der Waals surface area contributed by atoms with Crippen LogP contribution < -0.4 is 0 Å². The van der Waals surface area contributed by atoms with E-state index >= 15 is 0 Å².